The summed E-state index contributed by atoms with van der Waals surface area (Å²) in [5, 5.41) is 54.5. The zero-order chi connectivity index (χ0) is 43.7. The fraction of sp³-hybridized carbons (Fsp3) is 0.108. The zero-order valence-electron chi connectivity index (χ0n) is 30.8. The molecule has 0 saturated carbocycles. The van der Waals surface area contributed by atoms with Gasteiger partial charge in [-0.1, -0.05) is 43.7 Å². The number of nitrogens with two attached hydrogens (primary N) is 1. The Labute approximate surface area is 341 Å². The molecule has 0 aliphatic heterocycles. The molecule has 20 nitrogen and oxygen atoms in total. The number of azo groups is 3. The van der Waals surface area contributed by atoms with E-state index in [2.05, 4.69) is 37.6 Å². The van der Waals surface area contributed by atoms with Crippen LogP contribution in [-0.2, 0) is 26.7 Å². The summed E-state index contributed by atoms with van der Waals surface area (Å²) in [6.45, 7) is 2.06. The maximum atomic E-state index is 12.6. The molecule has 0 saturated heterocycles. The standard InChI is InChI=1S/C37H33N7O13S3/c1-2-3-6-19-9-12-21(13-10-19)39-43-33-29(59(52,53)54)15-20-11-14-22(16-24(20)35(33)45)40-42-27-18-28(58(49,50)51)25-17-30(60(55,56)57)34(36(46)31(25)32(27)38)44-41-26-8-5-4-7-23(26)37(47)48/h4-5,7-18,45-46,55-57H,2-3,6,38H2,1H3,(H,47,48)(H,49,50,51)(H,52,53,54). The number of carboxylic acids is 1. The summed E-state index contributed by atoms with van der Waals surface area (Å²) in [6.07, 6.45) is 2.81. The molecular formula is C37H33N7O13S3. The number of carbonyl (C=O) groups is 1. The topological polar surface area (TPSA) is 347 Å². The number of nitrogen functional groups attached to an aromatic ring is 1. The van der Waals surface area contributed by atoms with E-state index in [-0.39, 0.29) is 27.7 Å². The number of benzene rings is 6. The first-order valence-corrected chi connectivity index (χ1v) is 21.6. The highest BCUT2D eigenvalue weighted by Gasteiger charge is 2.30. The van der Waals surface area contributed by atoms with Gasteiger partial charge in [0.25, 0.3) is 20.2 Å². The van der Waals surface area contributed by atoms with Gasteiger partial charge >= 0.3 is 5.97 Å². The second-order valence-corrected chi connectivity index (χ2v) is 17.2. The van der Waals surface area contributed by atoms with E-state index in [1.165, 1.54) is 42.5 Å². The van der Waals surface area contributed by atoms with Gasteiger partial charge in [0.2, 0.25) is 0 Å². The van der Waals surface area contributed by atoms with Crippen molar-refractivity contribution in [2.45, 2.75) is 40.9 Å². The number of hydrogen-bond donors (Lipinski definition) is 9. The number of aryl methyl sites for hydroxylation is 1. The van der Waals surface area contributed by atoms with Gasteiger partial charge in [-0.25, -0.2) is 4.79 Å². The van der Waals surface area contributed by atoms with Crippen molar-refractivity contribution in [1.82, 2.24) is 0 Å². The Morgan fingerprint density at radius 2 is 1.23 bits per heavy atom. The van der Waals surface area contributed by atoms with Crippen molar-refractivity contribution in [3.8, 4) is 11.5 Å². The first-order chi connectivity index (χ1) is 28.2. The highest BCUT2D eigenvalue weighted by atomic mass is 32.3. The number of phenols is 2. The van der Waals surface area contributed by atoms with E-state index in [0.717, 1.165) is 37.0 Å². The highest BCUT2D eigenvalue weighted by Crippen LogP contribution is 2.56. The van der Waals surface area contributed by atoms with Crippen molar-refractivity contribution in [2.75, 3.05) is 5.73 Å². The summed E-state index contributed by atoms with van der Waals surface area (Å²) >= 11 is 0. The molecule has 0 heterocycles. The predicted octanol–water partition coefficient (Wildman–Crippen LogP) is 10.3. The van der Waals surface area contributed by atoms with Crippen LogP contribution in [0.2, 0.25) is 0 Å². The number of anilines is 1. The van der Waals surface area contributed by atoms with Crippen LogP contribution in [0.1, 0.15) is 35.7 Å². The van der Waals surface area contributed by atoms with Crippen LogP contribution >= 0.6 is 10.9 Å². The maximum Gasteiger partial charge on any atom is 0.337 e. The van der Waals surface area contributed by atoms with Gasteiger partial charge in [0.15, 0.2) is 11.5 Å². The van der Waals surface area contributed by atoms with Gasteiger partial charge in [-0.05, 0) is 78.4 Å². The molecule has 23 heteroatoms. The molecule has 0 aromatic heterocycles. The summed E-state index contributed by atoms with van der Waals surface area (Å²) in [4.78, 5) is 8.97. The fourth-order valence-electron chi connectivity index (χ4n) is 5.97. The van der Waals surface area contributed by atoms with E-state index in [1.807, 2.05) is 12.1 Å². The van der Waals surface area contributed by atoms with Gasteiger partial charge < -0.3 is 34.7 Å². The molecule has 0 bridgehead atoms. The van der Waals surface area contributed by atoms with Crippen LogP contribution < -0.4 is 5.73 Å². The Morgan fingerprint density at radius 1 is 0.633 bits per heavy atom. The van der Waals surface area contributed by atoms with Crippen LogP contribution in [0, 0.1) is 0 Å². The lowest BCUT2D eigenvalue weighted by molar-refractivity contribution is 0.0697. The largest absolute Gasteiger partial charge is 0.505 e. The predicted molar refractivity (Wildman–Crippen MR) is 220 cm³/mol. The Bertz CT molecular complexity index is 3030. The maximum absolute atomic E-state index is 12.6. The van der Waals surface area contributed by atoms with Crippen molar-refractivity contribution in [1.29, 1.82) is 0 Å². The fourth-order valence-corrected chi connectivity index (χ4v) is 8.00. The molecule has 6 rings (SSSR count). The van der Waals surface area contributed by atoms with Crippen molar-refractivity contribution < 1.29 is 59.7 Å². The molecule has 0 fully saturated rings. The quantitative estimate of drug-likeness (QED) is 0.0296. The van der Waals surface area contributed by atoms with Gasteiger partial charge in [-0.2, -0.15) is 27.1 Å². The minimum absolute atomic E-state index is 0.0412. The van der Waals surface area contributed by atoms with E-state index in [4.69, 9.17) is 5.73 Å². The number of fused-ring (bicyclic) bond motifs is 2. The van der Waals surface area contributed by atoms with E-state index >= 15 is 0 Å². The Balaban J connectivity index is 1.48. The second kappa shape index (κ2) is 16.7. The second-order valence-electron chi connectivity index (χ2n) is 12.9. The smallest absolute Gasteiger partial charge is 0.337 e. The van der Waals surface area contributed by atoms with E-state index in [1.54, 1.807) is 12.1 Å². The number of aromatic carboxylic acids is 1. The Hall–Kier alpha value is -6.44. The number of nitrogens with zero attached hydrogens (tertiary/aromatic N) is 6. The number of unbranched alkanes of at least 4 members (excludes halogenated alkanes) is 1. The lowest BCUT2D eigenvalue weighted by atomic mass is 10.0. The van der Waals surface area contributed by atoms with Crippen LogP contribution in [0.25, 0.3) is 21.5 Å². The van der Waals surface area contributed by atoms with Crippen LogP contribution in [0.15, 0.2) is 130 Å². The summed E-state index contributed by atoms with van der Waals surface area (Å²) in [5.41, 5.74) is 4.52. The zero-order valence-corrected chi connectivity index (χ0v) is 33.3. The molecule has 60 heavy (non-hydrogen) atoms. The molecule has 0 spiro atoms. The number of rotatable bonds is 13. The Kier molecular flexibility index (Phi) is 12.0. The number of phenolic OH excluding ortho intramolecular Hbond substituents is 2. The van der Waals surface area contributed by atoms with E-state index < -0.39 is 96.8 Å². The lowest BCUT2D eigenvalue weighted by Gasteiger charge is -2.23. The van der Waals surface area contributed by atoms with Gasteiger partial charge in [-0.15, -0.1) is 20.5 Å². The van der Waals surface area contributed by atoms with Gasteiger partial charge in [-0.3, -0.25) is 9.11 Å². The van der Waals surface area contributed by atoms with Crippen molar-refractivity contribution in [2.24, 2.45) is 30.7 Å². The molecular weight excluding hydrogens is 847 g/mol. The summed E-state index contributed by atoms with van der Waals surface area (Å²) in [6, 6.07) is 18.4. The molecule has 0 radical (unpaired) electrons. The molecule has 0 amide bonds. The molecule has 6 aromatic carbocycles. The minimum atomic E-state index is -5.25. The van der Waals surface area contributed by atoms with E-state index in [0.29, 0.717) is 11.8 Å². The van der Waals surface area contributed by atoms with Gasteiger partial charge in [0.05, 0.1) is 32.9 Å². The van der Waals surface area contributed by atoms with Crippen LogP contribution in [-0.4, -0.2) is 60.9 Å². The third-order valence-corrected chi connectivity index (χ3v) is 11.6. The average molecular weight is 880 g/mol. The molecule has 0 aliphatic carbocycles. The summed E-state index contributed by atoms with van der Waals surface area (Å²) < 4.78 is 101. The van der Waals surface area contributed by atoms with Crippen molar-refractivity contribution >= 4 is 98.4 Å². The number of hydrogen-bond acceptors (Lipinski definition) is 17. The molecule has 6 aromatic rings. The monoisotopic (exact) mass is 879 g/mol. The first kappa shape index (κ1) is 43.1. The average Bonchev–Trinajstić information content (AvgIpc) is 3.18. The normalized spacial score (nSPS) is 13.0. The summed E-state index contributed by atoms with van der Waals surface area (Å²) in [5.74, 6) is -3.24. The van der Waals surface area contributed by atoms with Gasteiger partial charge in [0, 0.05) is 10.8 Å². The number of aromatic hydroxyl groups is 2. The van der Waals surface area contributed by atoms with Crippen LogP contribution in [0.3, 0.4) is 0 Å². The first-order valence-electron chi connectivity index (χ1n) is 17.2. The lowest BCUT2D eigenvalue weighted by Crippen LogP contribution is -2.03. The minimum Gasteiger partial charge on any atom is -0.505 e. The van der Waals surface area contributed by atoms with E-state index in [9.17, 15) is 59.7 Å². The van der Waals surface area contributed by atoms with Crippen molar-refractivity contribution in [3.05, 3.63) is 96.1 Å². The van der Waals surface area contributed by atoms with Crippen LogP contribution in [0.5, 0.6) is 11.5 Å². The third kappa shape index (κ3) is 9.07. The van der Waals surface area contributed by atoms with Crippen molar-refractivity contribution in [3.63, 3.8) is 0 Å². The molecule has 10 N–H and O–H groups in total. The molecule has 0 unspecified atom stereocenters. The summed E-state index contributed by atoms with van der Waals surface area (Å²) in [7, 11) is -15.0. The molecule has 0 atom stereocenters. The highest BCUT2D eigenvalue weighted by molar-refractivity contribution is 8.19. The third-order valence-electron chi connectivity index (χ3n) is 8.89. The molecule has 0 aliphatic rings. The SMILES string of the molecule is CCCCc1ccc(N=Nc2c(S(=O)(=O)O)cc3ccc(N=Nc4cc(S(=O)(=O)O)c5cc(S(O)(O)O)c(N=Nc6ccccc6C(=O)O)c(O)c5c4N)cc3c2O)cc1. The van der Waals surface area contributed by atoms with Gasteiger partial charge in [0.1, 0.15) is 43.4 Å². The van der Waals surface area contributed by atoms with Crippen LogP contribution in [0.4, 0.5) is 39.8 Å². The Morgan fingerprint density at radius 3 is 1.87 bits per heavy atom. The molecule has 312 valence electrons. The number of carboxylic acid groups (broad SMARTS) is 1.